The molecule has 3 rings (SSSR count). The predicted molar refractivity (Wildman–Crippen MR) is 82.2 cm³/mol. The van der Waals surface area contributed by atoms with Crippen LogP contribution in [0, 0.1) is 6.92 Å². The molecular formula is C16H16ClN3. The Morgan fingerprint density at radius 3 is 2.75 bits per heavy atom. The smallest absolute Gasteiger partial charge is 0.111 e. The Morgan fingerprint density at radius 1 is 1.15 bits per heavy atom. The molecule has 2 aromatic heterocycles. The van der Waals surface area contributed by atoms with Gasteiger partial charge in [0.15, 0.2) is 0 Å². The van der Waals surface area contributed by atoms with Gasteiger partial charge in [0.05, 0.1) is 17.6 Å². The summed E-state index contributed by atoms with van der Waals surface area (Å²) < 4.78 is 2.23. The Hall–Kier alpha value is -1.87. The van der Waals surface area contributed by atoms with Crippen LogP contribution in [0.4, 0.5) is 0 Å². The van der Waals surface area contributed by atoms with E-state index in [0.29, 0.717) is 5.88 Å². The van der Waals surface area contributed by atoms with Crippen LogP contribution in [0.5, 0.6) is 0 Å². The minimum absolute atomic E-state index is 0.579. The van der Waals surface area contributed by atoms with Crippen molar-refractivity contribution in [2.75, 3.05) is 5.88 Å². The highest BCUT2D eigenvalue weighted by atomic mass is 35.5. The van der Waals surface area contributed by atoms with E-state index in [4.69, 9.17) is 11.6 Å². The lowest BCUT2D eigenvalue weighted by molar-refractivity contribution is 0.751. The van der Waals surface area contributed by atoms with Crippen molar-refractivity contribution in [1.82, 2.24) is 14.5 Å². The number of nitrogens with zero attached hydrogens (tertiary/aromatic N) is 3. The Morgan fingerprint density at radius 2 is 2.00 bits per heavy atom. The van der Waals surface area contributed by atoms with Gasteiger partial charge in [-0.3, -0.25) is 4.98 Å². The molecule has 0 bridgehead atoms. The van der Waals surface area contributed by atoms with Gasteiger partial charge in [-0.15, -0.1) is 11.6 Å². The Kier molecular flexibility index (Phi) is 3.70. The van der Waals surface area contributed by atoms with Gasteiger partial charge in [-0.2, -0.15) is 0 Å². The van der Waals surface area contributed by atoms with Gasteiger partial charge in [0, 0.05) is 24.2 Å². The number of benzene rings is 1. The number of hydrogen-bond acceptors (Lipinski definition) is 2. The fraction of sp³-hybridized carbons (Fsp3) is 0.250. The van der Waals surface area contributed by atoms with Crippen molar-refractivity contribution in [3.63, 3.8) is 0 Å². The third kappa shape index (κ3) is 2.54. The van der Waals surface area contributed by atoms with Crippen molar-refractivity contribution in [3.05, 3.63) is 59.7 Å². The van der Waals surface area contributed by atoms with E-state index in [1.165, 1.54) is 5.56 Å². The normalized spacial score (nSPS) is 11.1. The third-order valence-corrected chi connectivity index (χ3v) is 3.55. The second-order valence-electron chi connectivity index (χ2n) is 4.85. The number of halogens is 1. The SMILES string of the molecule is Cc1ccc(Cn2c(CCCl)nc3ccccc32)cn1. The Labute approximate surface area is 123 Å². The van der Waals surface area contributed by atoms with E-state index in [2.05, 4.69) is 26.7 Å². The zero-order valence-electron chi connectivity index (χ0n) is 11.4. The van der Waals surface area contributed by atoms with Crippen LogP contribution < -0.4 is 0 Å². The van der Waals surface area contributed by atoms with Gasteiger partial charge in [-0.05, 0) is 30.7 Å². The van der Waals surface area contributed by atoms with Crippen molar-refractivity contribution < 1.29 is 0 Å². The van der Waals surface area contributed by atoms with Crippen molar-refractivity contribution in [3.8, 4) is 0 Å². The van der Waals surface area contributed by atoms with Crippen LogP contribution in [0.15, 0.2) is 42.6 Å². The maximum atomic E-state index is 5.89. The Bertz CT molecular complexity index is 716. The number of aromatic nitrogens is 3. The monoisotopic (exact) mass is 285 g/mol. The zero-order chi connectivity index (χ0) is 13.9. The standard InChI is InChI=1S/C16H16ClN3/c1-12-6-7-13(10-18-12)11-20-15-5-3-2-4-14(15)19-16(20)8-9-17/h2-7,10H,8-9,11H2,1H3. The summed E-state index contributed by atoms with van der Waals surface area (Å²) in [6, 6.07) is 12.3. The van der Waals surface area contributed by atoms with E-state index < -0.39 is 0 Å². The number of fused-ring (bicyclic) bond motifs is 1. The van der Waals surface area contributed by atoms with Crippen LogP contribution in [0.2, 0.25) is 0 Å². The van der Waals surface area contributed by atoms with Gasteiger partial charge in [0.1, 0.15) is 5.82 Å². The molecule has 2 heterocycles. The minimum atomic E-state index is 0.579. The molecule has 102 valence electrons. The molecule has 0 aliphatic heterocycles. The topological polar surface area (TPSA) is 30.7 Å². The summed E-state index contributed by atoms with van der Waals surface area (Å²) in [5, 5.41) is 0. The fourth-order valence-electron chi connectivity index (χ4n) is 2.35. The van der Waals surface area contributed by atoms with E-state index in [1.807, 2.05) is 37.4 Å². The summed E-state index contributed by atoms with van der Waals surface area (Å²) in [7, 11) is 0. The summed E-state index contributed by atoms with van der Waals surface area (Å²) in [6.45, 7) is 2.77. The first-order valence-electron chi connectivity index (χ1n) is 6.69. The first-order chi connectivity index (χ1) is 9.78. The van der Waals surface area contributed by atoms with Gasteiger partial charge in [-0.25, -0.2) is 4.98 Å². The van der Waals surface area contributed by atoms with Gasteiger partial charge in [0.2, 0.25) is 0 Å². The van der Waals surface area contributed by atoms with Crippen LogP contribution in [0.25, 0.3) is 11.0 Å². The molecule has 0 amide bonds. The van der Waals surface area contributed by atoms with Gasteiger partial charge >= 0.3 is 0 Å². The maximum Gasteiger partial charge on any atom is 0.111 e. The summed E-state index contributed by atoms with van der Waals surface area (Å²) >= 11 is 5.89. The van der Waals surface area contributed by atoms with Gasteiger partial charge < -0.3 is 4.57 Å². The molecule has 0 fully saturated rings. The molecule has 0 unspecified atom stereocenters. The lowest BCUT2D eigenvalue weighted by Crippen LogP contribution is -2.06. The van der Waals surface area contributed by atoms with Crippen molar-refractivity contribution >= 4 is 22.6 Å². The van der Waals surface area contributed by atoms with Crippen LogP contribution >= 0.6 is 11.6 Å². The lowest BCUT2D eigenvalue weighted by atomic mass is 10.2. The second-order valence-corrected chi connectivity index (χ2v) is 5.23. The fourth-order valence-corrected chi connectivity index (χ4v) is 2.52. The highest BCUT2D eigenvalue weighted by molar-refractivity contribution is 6.17. The number of aryl methyl sites for hydroxylation is 2. The molecular weight excluding hydrogens is 270 g/mol. The number of pyridine rings is 1. The van der Waals surface area contributed by atoms with Crippen LogP contribution in [-0.4, -0.2) is 20.4 Å². The summed E-state index contributed by atoms with van der Waals surface area (Å²) in [4.78, 5) is 9.03. The molecule has 4 heteroatoms. The molecule has 0 aliphatic rings. The molecule has 3 nitrogen and oxygen atoms in total. The number of alkyl halides is 1. The van der Waals surface area contributed by atoms with Gasteiger partial charge in [0.25, 0.3) is 0 Å². The van der Waals surface area contributed by atoms with E-state index >= 15 is 0 Å². The molecule has 0 atom stereocenters. The van der Waals surface area contributed by atoms with E-state index in [0.717, 1.165) is 35.5 Å². The second kappa shape index (κ2) is 5.63. The molecule has 0 aliphatic carbocycles. The maximum absolute atomic E-state index is 5.89. The Balaban J connectivity index is 2.04. The first kappa shape index (κ1) is 13.1. The molecule has 0 saturated carbocycles. The van der Waals surface area contributed by atoms with Crippen molar-refractivity contribution in [2.24, 2.45) is 0 Å². The van der Waals surface area contributed by atoms with Crippen LogP contribution in [0.3, 0.4) is 0 Å². The molecule has 20 heavy (non-hydrogen) atoms. The van der Waals surface area contributed by atoms with Crippen molar-refractivity contribution in [1.29, 1.82) is 0 Å². The minimum Gasteiger partial charge on any atom is -0.323 e. The van der Waals surface area contributed by atoms with E-state index in [9.17, 15) is 0 Å². The first-order valence-corrected chi connectivity index (χ1v) is 7.23. The highest BCUT2D eigenvalue weighted by Crippen LogP contribution is 2.18. The third-order valence-electron chi connectivity index (χ3n) is 3.37. The number of rotatable bonds is 4. The van der Waals surface area contributed by atoms with E-state index in [1.54, 1.807) is 0 Å². The summed E-state index contributed by atoms with van der Waals surface area (Å²) in [6.07, 6.45) is 2.70. The average Bonchev–Trinajstić information content (AvgIpc) is 2.80. The van der Waals surface area contributed by atoms with Gasteiger partial charge in [-0.1, -0.05) is 18.2 Å². The molecule has 3 aromatic rings. The molecule has 0 saturated heterocycles. The quantitative estimate of drug-likeness (QED) is 0.686. The van der Waals surface area contributed by atoms with Crippen molar-refractivity contribution in [2.45, 2.75) is 19.9 Å². The highest BCUT2D eigenvalue weighted by Gasteiger charge is 2.10. The van der Waals surface area contributed by atoms with E-state index in [-0.39, 0.29) is 0 Å². The summed E-state index contributed by atoms with van der Waals surface area (Å²) in [5.41, 5.74) is 4.38. The largest absolute Gasteiger partial charge is 0.323 e. The number of imidazole rings is 1. The predicted octanol–water partition coefficient (Wildman–Crippen LogP) is 3.57. The lowest BCUT2D eigenvalue weighted by Gasteiger charge is -2.08. The zero-order valence-corrected chi connectivity index (χ0v) is 12.1. The number of para-hydroxylation sites is 2. The molecule has 0 spiro atoms. The molecule has 0 radical (unpaired) electrons. The molecule has 0 N–H and O–H groups in total. The summed E-state index contributed by atoms with van der Waals surface area (Å²) in [5.74, 6) is 1.61. The van der Waals surface area contributed by atoms with Crippen LogP contribution in [-0.2, 0) is 13.0 Å². The average molecular weight is 286 g/mol. The molecule has 1 aromatic carbocycles. The van der Waals surface area contributed by atoms with Crippen LogP contribution in [0.1, 0.15) is 17.1 Å². The number of hydrogen-bond donors (Lipinski definition) is 0.